The highest BCUT2D eigenvalue weighted by Crippen LogP contribution is 2.31. The Labute approximate surface area is 208 Å². The fourth-order valence-electron chi connectivity index (χ4n) is 3.58. The van der Waals surface area contributed by atoms with Crippen molar-refractivity contribution in [1.82, 2.24) is 5.32 Å². The number of halogens is 2. The third-order valence-electron chi connectivity index (χ3n) is 5.19. The van der Waals surface area contributed by atoms with Gasteiger partial charge in [-0.05, 0) is 88.3 Å². The zero-order valence-corrected chi connectivity index (χ0v) is 20.0. The molecule has 1 aliphatic heterocycles. The molecule has 1 heterocycles. The number of aromatic hydroxyl groups is 1. The van der Waals surface area contributed by atoms with Gasteiger partial charge >= 0.3 is 6.03 Å². The number of anilines is 1. The van der Waals surface area contributed by atoms with E-state index in [0.717, 1.165) is 19.6 Å². The number of benzene rings is 3. The molecule has 0 saturated carbocycles. The van der Waals surface area contributed by atoms with Crippen molar-refractivity contribution >= 4 is 52.2 Å². The Kier molecular flexibility index (Phi) is 6.64. The number of imide groups is 2. The maximum atomic E-state index is 13.6. The Morgan fingerprint density at radius 1 is 1.09 bits per heavy atom. The Balaban J connectivity index is 1.70. The van der Waals surface area contributed by atoms with E-state index in [2.05, 4.69) is 27.9 Å². The molecule has 1 fully saturated rings. The number of nitrogens with zero attached hydrogens (tertiary/aromatic N) is 1. The lowest BCUT2D eigenvalue weighted by Gasteiger charge is -2.26. The van der Waals surface area contributed by atoms with Crippen LogP contribution < -0.4 is 15.0 Å². The van der Waals surface area contributed by atoms with Crippen LogP contribution in [0.4, 0.5) is 14.9 Å². The number of barbiturate groups is 1. The van der Waals surface area contributed by atoms with Crippen molar-refractivity contribution in [2.75, 3.05) is 12.0 Å². The molecule has 0 bridgehead atoms. The average Bonchev–Trinajstić information content (AvgIpc) is 2.79. The Morgan fingerprint density at radius 2 is 1.82 bits per heavy atom. The number of nitrogens with one attached hydrogen (secondary N) is 1. The topological polar surface area (TPSA) is 95.9 Å². The third-order valence-corrected chi connectivity index (χ3v) is 6.15. The van der Waals surface area contributed by atoms with Crippen LogP contribution in [0.15, 0.2) is 66.2 Å². The quantitative estimate of drug-likeness (QED) is 0.269. The van der Waals surface area contributed by atoms with Crippen molar-refractivity contribution in [3.8, 4) is 11.5 Å². The first-order valence-electron chi connectivity index (χ1n) is 10.1. The van der Waals surface area contributed by atoms with Gasteiger partial charge in [0, 0.05) is 15.6 Å². The number of amides is 4. The molecule has 0 spiro atoms. The van der Waals surface area contributed by atoms with Gasteiger partial charge in [0.1, 0.15) is 22.9 Å². The predicted molar refractivity (Wildman–Crippen MR) is 132 cm³/mol. The van der Waals surface area contributed by atoms with Gasteiger partial charge in [0.2, 0.25) is 0 Å². The van der Waals surface area contributed by atoms with Gasteiger partial charge in [0.05, 0.1) is 12.8 Å². The van der Waals surface area contributed by atoms with Gasteiger partial charge < -0.3 is 9.84 Å². The second kappa shape index (κ2) is 9.64. The van der Waals surface area contributed by atoms with E-state index in [1.54, 1.807) is 18.2 Å². The molecule has 1 aliphatic rings. The molecule has 4 amide bonds. The molecule has 3 aromatic carbocycles. The van der Waals surface area contributed by atoms with E-state index in [4.69, 9.17) is 4.74 Å². The normalized spacial score (nSPS) is 15.0. The van der Waals surface area contributed by atoms with Crippen LogP contribution in [0.25, 0.3) is 6.08 Å². The monoisotopic (exact) mass is 572 g/mol. The molecule has 3 aromatic rings. The number of carbonyl (C=O) groups excluding carboxylic acids is 3. The van der Waals surface area contributed by atoms with Crippen LogP contribution in [0.1, 0.15) is 16.7 Å². The van der Waals surface area contributed by atoms with Crippen molar-refractivity contribution in [3.05, 3.63) is 92.3 Å². The Hall–Kier alpha value is -3.73. The van der Waals surface area contributed by atoms with Gasteiger partial charge in [-0.3, -0.25) is 14.9 Å². The van der Waals surface area contributed by atoms with Crippen LogP contribution in [0.2, 0.25) is 0 Å². The van der Waals surface area contributed by atoms with E-state index in [-0.39, 0.29) is 22.8 Å². The fourth-order valence-corrected chi connectivity index (χ4v) is 4.40. The summed E-state index contributed by atoms with van der Waals surface area (Å²) in [5.74, 6) is -1.46. The van der Waals surface area contributed by atoms with Crippen LogP contribution in [-0.2, 0) is 16.0 Å². The Morgan fingerprint density at radius 3 is 2.50 bits per heavy atom. The first-order chi connectivity index (χ1) is 16.3. The van der Waals surface area contributed by atoms with Gasteiger partial charge in [-0.2, -0.15) is 0 Å². The number of rotatable bonds is 5. The molecular weight excluding hydrogens is 554 g/mol. The lowest BCUT2D eigenvalue weighted by Crippen LogP contribution is -2.54. The van der Waals surface area contributed by atoms with Gasteiger partial charge in [-0.1, -0.05) is 12.1 Å². The summed E-state index contributed by atoms with van der Waals surface area (Å²) in [5, 5.41) is 11.6. The molecule has 0 radical (unpaired) electrons. The summed E-state index contributed by atoms with van der Waals surface area (Å²) >= 11 is 2.12. The van der Waals surface area contributed by atoms with Crippen LogP contribution in [0.5, 0.6) is 11.5 Å². The van der Waals surface area contributed by atoms with Crippen molar-refractivity contribution in [2.24, 2.45) is 0 Å². The minimum absolute atomic E-state index is 0.0274. The molecule has 0 atom stereocenters. The number of phenolic OH excluding ortho intramolecular Hbond substituents is 1. The number of carbonyl (C=O) groups is 3. The van der Waals surface area contributed by atoms with Crippen LogP contribution >= 0.6 is 22.6 Å². The minimum Gasteiger partial charge on any atom is -0.508 e. The maximum Gasteiger partial charge on any atom is 0.335 e. The number of methoxy groups -OCH3 is 1. The summed E-state index contributed by atoms with van der Waals surface area (Å²) in [6.07, 6.45) is 1.81. The fraction of sp³-hybridized carbons (Fsp3) is 0.0800. The molecule has 34 heavy (non-hydrogen) atoms. The second-order valence-electron chi connectivity index (χ2n) is 7.46. The predicted octanol–water partition coefficient (Wildman–Crippen LogP) is 4.40. The van der Waals surface area contributed by atoms with Crippen molar-refractivity contribution in [2.45, 2.75) is 6.42 Å². The van der Waals surface area contributed by atoms with Crippen LogP contribution in [-0.4, -0.2) is 30.1 Å². The highest BCUT2D eigenvalue weighted by Gasteiger charge is 2.36. The zero-order valence-electron chi connectivity index (χ0n) is 17.8. The van der Waals surface area contributed by atoms with Gasteiger partial charge in [0.15, 0.2) is 0 Å². The first-order valence-corrected chi connectivity index (χ1v) is 11.2. The lowest BCUT2D eigenvalue weighted by molar-refractivity contribution is -0.122. The molecule has 0 unspecified atom stereocenters. The molecule has 7 nitrogen and oxygen atoms in total. The molecule has 9 heteroatoms. The minimum atomic E-state index is -0.879. The van der Waals surface area contributed by atoms with Gasteiger partial charge in [0.25, 0.3) is 11.8 Å². The van der Waals surface area contributed by atoms with Crippen molar-refractivity contribution in [3.63, 3.8) is 0 Å². The van der Waals surface area contributed by atoms with E-state index in [0.29, 0.717) is 17.7 Å². The summed E-state index contributed by atoms with van der Waals surface area (Å²) in [6.45, 7) is 0. The maximum absolute atomic E-state index is 13.6. The van der Waals surface area contributed by atoms with Gasteiger partial charge in [-0.25, -0.2) is 14.1 Å². The molecule has 2 N–H and O–H groups in total. The molecule has 4 rings (SSSR count). The van der Waals surface area contributed by atoms with Gasteiger partial charge in [-0.15, -0.1) is 0 Å². The highest BCUT2D eigenvalue weighted by atomic mass is 127. The zero-order chi connectivity index (χ0) is 24.4. The van der Waals surface area contributed by atoms with Crippen LogP contribution in [0.3, 0.4) is 0 Å². The number of hydrogen-bond acceptors (Lipinski definition) is 5. The summed E-state index contributed by atoms with van der Waals surface area (Å²) in [7, 11) is 1.50. The number of hydrogen-bond donors (Lipinski definition) is 2. The van der Waals surface area contributed by atoms with E-state index in [1.807, 2.05) is 6.07 Å². The number of urea groups is 1. The smallest absolute Gasteiger partial charge is 0.335 e. The van der Waals surface area contributed by atoms with E-state index < -0.39 is 17.8 Å². The number of phenols is 1. The van der Waals surface area contributed by atoms with Crippen LogP contribution in [0, 0.1) is 9.39 Å². The molecule has 0 aliphatic carbocycles. The summed E-state index contributed by atoms with van der Waals surface area (Å²) in [5.41, 5.74) is 2.09. The standard InChI is InChI=1S/C25H18FIN2O5/c1-34-22-13-15(12-21(27)19(22)10-14-3-2-4-16(26)9-14)11-20-23(31)28-25(33)29(24(20)32)17-5-7-18(30)8-6-17/h2-9,11-13,30H,10H2,1H3,(H,28,31,33)/b20-11+. The average molecular weight is 572 g/mol. The Bertz CT molecular complexity index is 1340. The first kappa shape index (κ1) is 23.4. The molecule has 1 saturated heterocycles. The van der Waals surface area contributed by atoms with E-state index >= 15 is 0 Å². The number of ether oxygens (including phenoxy) is 1. The second-order valence-corrected chi connectivity index (χ2v) is 8.63. The van der Waals surface area contributed by atoms with Crippen molar-refractivity contribution in [1.29, 1.82) is 0 Å². The molecule has 0 aromatic heterocycles. The lowest BCUT2D eigenvalue weighted by atomic mass is 10.0. The summed E-state index contributed by atoms with van der Waals surface area (Å²) in [6, 6.07) is 14.3. The SMILES string of the molecule is COc1cc(/C=C2\C(=O)NC(=O)N(c3ccc(O)cc3)C2=O)cc(I)c1Cc1cccc(F)c1. The third kappa shape index (κ3) is 4.79. The largest absolute Gasteiger partial charge is 0.508 e. The summed E-state index contributed by atoms with van der Waals surface area (Å²) < 4.78 is 19.9. The van der Waals surface area contributed by atoms with E-state index in [9.17, 15) is 23.9 Å². The van der Waals surface area contributed by atoms with E-state index in [1.165, 1.54) is 49.6 Å². The van der Waals surface area contributed by atoms with Crippen molar-refractivity contribution < 1.29 is 28.6 Å². The molecule has 172 valence electrons. The highest BCUT2D eigenvalue weighted by molar-refractivity contribution is 14.1. The summed E-state index contributed by atoms with van der Waals surface area (Å²) in [4.78, 5) is 38.7. The molecular formula is C25H18FIN2O5.